The zero-order valence-electron chi connectivity index (χ0n) is 11.1. The number of benzene rings is 1. The van der Waals surface area contributed by atoms with E-state index in [4.69, 9.17) is 5.73 Å². The molecule has 19 heavy (non-hydrogen) atoms. The minimum atomic E-state index is -0.361. The van der Waals surface area contributed by atoms with Crippen LogP contribution in [0.2, 0.25) is 0 Å². The van der Waals surface area contributed by atoms with E-state index in [2.05, 4.69) is 0 Å². The lowest BCUT2D eigenvalue weighted by molar-refractivity contribution is -0.123. The van der Waals surface area contributed by atoms with Gasteiger partial charge in [-0.1, -0.05) is 31.4 Å². The van der Waals surface area contributed by atoms with Gasteiger partial charge in [0.05, 0.1) is 5.69 Å². The quantitative estimate of drug-likeness (QED) is 0.908. The van der Waals surface area contributed by atoms with Crippen LogP contribution in [0.5, 0.6) is 0 Å². The molecule has 4 heteroatoms. The number of rotatable bonds is 4. The van der Waals surface area contributed by atoms with Gasteiger partial charge in [-0.15, -0.1) is 0 Å². The normalized spacial score (nSPS) is 16.3. The SMILES string of the molecule is NCCN(C(=O)C1CCCCC1)c1ccccc1F. The molecule has 1 aromatic carbocycles. The van der Waals surface area contributed by atoms with Crippen LogP contribution in [0.25, 0.3) is 0 Å². The van der Waals surface area contributed by atoms with Gasteiger partial charge in [-0.05, 0) is 25.0 Å². The average Bonchev–Trinajstić information content (AvgIpc) is 2.46. The summed E-state index contributed by atoms with van der Waals surface area (Å²) >= 11 is 0. The Morgan fingerprint density at radius 3 is 2.58 bits per heavy atom. The van der Waals surface area contributed by atoms with Gasteiger partial charge in [0.15, 0.2) is 0 Å². The van der Waals surface area contributed by atoms with Crippen LogP contribution in [0.15, 0.2) is 24.3 Å². The van der Waals surface area contributed by atoms with Crippen molar-refractivity contribution in [1.29, 1.82) is 0 Å². The topological polar surface area (TPSA) is 46.3 Å². The molecule has 1 aliphatic carbocycles. The van der Waals surface area contributed by atoms with E-state index < -0.39 is 0 Å². The molecule has 0 aliphatic heterocycles. The predicted molar refractivity (Wildman–Crippen MR) is 74.4 cm³/mol. The molecular weight excluding hydrogens is 243 g/mol. The Labute approximate surface area is 113 Å². The van der Waals surface area contributed by atoms with Crippen molar-refractivity contribution in [3.63, 3.8) is 0 Å². The molecular formula is C15H21FN2O. The lowest BCUT2D eigenvalue weighted by Gasteiger charge is -2.29. The molecule has 104 valence electrons. The highest BCUT2D eigenvalue weighted by atomic mass is 19.1. The summed E-state index contributed by atoms with van der Waals surface area (Å²) in [5, 5.41) is 0. The van der Waals surface area contributed by atoms with Crippen LogP contribution in [0.1, 0.15) is 32.1 Å². The fourth-order valence-corrected chi connectivity index (χ4v) is 2.72. The molecule has 3 nitrogen and oxygen atoms in total. The maximum atomic E-state index is 13.9. The van der Waals surface area contributed by atoms with Gasteiger partial charge in [-0.2, -0.15) is 0 Å². The number of nitrogens with zero attached hydrogens (tertiary/aromatic N) is 1. The zero-order valence-corrected chi connectivity index (χ0v) is 11.1. The highest BCUT2D eigenvalue weighted by Crippen LogP contribution is 2.28. The maximum absolute atomic E-state index is 13.9. The van der Waals surface area contributed by atoms with E-state index in [9.17, 15) is 9.18 Å². The predicted octanol–water partition coefficient (Wildman–Crippen LogP) is 2.70. The Hall–Kier alpha value is -1.42. The van der Waals surface area contributed by atoms with Crippen molar-refractivity contribution in [2.24, 2.45) is 11.7 Å². The van der Waals surface area contributed by atoms with Gasteiger partial charge in [0.1, 0.15) is 5.82 Å². The molecule has 2 rings (SSSR count). The van der Waals surface area contributed by atoms with Gasteiger partial charge in [0.25, 0.3) is 0 Å². The second kappa shape index (κ2) is 6.66. The van der Waals surface area contributed by atoms with Crippen molar-refractivity contribution < 1.29 is 9.18 Å². The number of nitrogens with two attached hydrogens (primary N) is 1. The van der Waals surface area contributed by atoms with Crippen LogP contribution >= 0.6 is 0 Å². The molecule has 1 aliphatic rings. The number of hydrogen-bond acceptors (Lipinski definition) is 2. The minimum Gasteiger partial charge on any atom is -0.329 e. The molecule has 0 unspecified atom stereocenters. The molecule has 1 amide bonds. The monoisotopic (exact) mass is 264 g/mol. The van der Waals surface area contributed by atoms with E-state index in [0.29, 0.717) is 18.8 Å². The van der Waals surface area contributed by atoms with E-state index in [1.165, 1.54) is 17.4 Å². The summed E-state index contributed by atoms with van der Waals surface area (Å²) in [6, 6.07) is 6.40. The van der Waals surface area contributed by atoms with Crippen LogP contribution in [0, 0.1) is 11.7 Å². The summed E-state index contributed by atoms with van der Waals surface area (Å²) in [5.41, 5.74) is 5.92. The largest absolute Gasteiger partial charge is 0.329 e. The van der Waals surface area contributed by atoms with Gasteiger partial charge < -0.3 is 10.6 Å². The summed E-state index contributed by atoms with van der Waals surface area (Å²) in [7, 11) is 0. The molecule has 0 bridgehead atoms. The van der Waals surface area contributed by atoms with Crippen molar-refractivity contribution in [2.75, 3.05) is 18.0 Å². The van der Waals surface area contributed by atoms with Crippen LogP contribution < -0.4 is 10.6 Å². The highest BCUT2D eigenvalue weighted by molar-refractivity contribution is 5.95. The van der Waals surface area contributed by atoms with Crippen LogP contribution in [-0.4, -0.2) is 19.0 Å². The fraction of sp³-hybridized carbons (Fsp3) is 0.533. The Balaban J connectivity index is 2.19. The average molecular weight is 264 g/mol. The van der Waals surface area contributed by atoms with Crippen LogP contribution in [-0.2, 0) is 4.79 Å². The van der Waals surface area contributed by atoms with Gasteiger partial charge >= 0.3 is 0 Å². The summed E-state index contributed by atoms with van der Waals surface area (Å²) in [4.78, 5) is 14.1. The smallest absolute Gasteiger partial charge is 0.230 e. The molecule has 0 heterocycles. The number of hydrogen-bond donors (Lipinski definition) is 1. The first-order chi connectivity index (χ1) is 9.24. The molecule has 0 saturated heterocycles. The van der Waals surface area contributed by atoms with Crippen LogP contribution in [0.3, 0.4) is 0 Å². The lowest BCUT2D eigenvalue weighted by Crippen LogP contribution is -2.40. The number of carbonyl (C=O) groups is 1. The maximum Gasteiger partial charge on any atom is 0.230 e. The van der Waals surface area contributed by atoms with Gasteiger partial charge in [0, 0.05) is 19.0 Å². The van der Waals surface area contributed by atoms with Crippen molar-refractivity contribution in [3.05, 3.63) is 30.1 Å². The molecule has 1 saturated carbocycles. The van der Waals surface area contributed by atoms with Crippen LogP contribution in [0.4, 0.5) is 10.1 Å². The minimum absolute atomic E-state index is 0.0234. The van der Waals surface area contributed by atoms with Gasteiger partial charge in [0.2, 0.25) is 5.91 Å². The van der Waals surface area contributed by atoms with E-state index in [1.54, 1.807) is 18.2 Å². The fourth-order valence-electron chi connectivity index (χ4n) is 2.72. The number of anilines is 1. The Kier molecular flexibility index (Phi) is 4.91. The summed E-state index contributed by atoms with van der Waals surface area (Å²) in [6.07, 6.45) is 5.19. The number of carbonyl (C=O) groups excluding carboxylic acids is 1. The van der Waals surface area contributed by atoms with E-state index in [0.717, 1.165) is 25.7 Å². The first kappa shape index (κ1) is 14.0. The second-order valence-corrected chi connectivity index (χ2v) is 5.06. The Morgan fingerprint density at radius 1 is 1.26 bits per heavy atom. The third-order valence-corrected chi connectivity index (χ3v) is 3.72. The summed E-state index contributed by atoms with van der Waals surface area (Å²) < 4.78 is 13.9. The molecule has 0 aromatic heterocycles. The lowest BCUT2D eigenvalue weighted by atomic mass is 9.88. The molecule has 2 N–H and O–H groups in total. The molecule has 1 aromatic rings. The number of halogens is 1. The van der Waals surface area contributed by atoms with E-state index in [1.807, 2.05) is 0 Å². The Bertz CT molecular complexity index is 430. The van der Waals surface area contributed by atoms with Crippen molar-refractivity contribution in [3.8, 4) is 0 Å². The van der Waals surface area contributed by atoms with E-state index >= 15 is 0 Å². The summed E-state index contributed by atoms with van der Waals surface area (Å²) in [6.45, 7) is 0.711. The molecule has 0 spiro atoms. The van der Waals surface area contributed by atoms with Crippen molar-refractivity contribution in [1.82, 2.24) is 0 Å². The van der Waals surface area contributed by atoms with Gasteiger partial charge in [-0.25, -0.2) is 4.39 Å². The first-order valence-electron chi connectivity index (χ1n) is 7.00. The van der Waals surface area contributed by atoms with E-state index in [-0.39, 0.29) is 17.6 Å². The number of amides is 1. The standard InChI is InChI=1S/C15H21FN2O/c16-13-8-4-5-9-14(13)18(11-10-17)15(19)12-6-2-1-3-7-12/h4-5,8-9,12H,1-3,6-7,10-11,17H2. The Morgan fingerprint density at radius 2 is 1.95 bits per heavy atom. The molecule has 0 radical (unpaired) electrons. The molecule has 1 fully saturated rings. The van der Waals surface area contributed by atoms with Crippen molar-refractivity contribution in [2.45, 2.75) is 32.1 Å². The zero-order chi connectivity index (χ0) is 13.7. The van der Waals surface area contributed by atoms with Crippen molar-refractivity contribution >= 4 is 11.6 Å². The number of para-hydroxylation sites is 1. The second-order valence-electron chi connectivity index (χ2n) is 5.06. The van der Waals surface area contributed by atoms with Gasteiger partial charge in [-0.3, -0.25) is 4.79 Å². The highest BCUT2D eigenvalue weighted by Gasteiger charge is 2.27. The first-order valence-corrected chi connectivity index (χ1v) is 7.00. The third kappa shape index (κ3) is 3.32. The summed E-state index contributed by atoms with van der Waals surface area (Å²) in [5.74, 6) is -0.310. The third-order valence-electron chi connectivity index (χ3n) is 3.72. The molecule has 0 atom stereocenters.